The zero-order valence-electron chi connectivity index (χ0n) is 11.8. The second-order valence-electron chi connectivity index (χ2n) is 5.37. The van der Waals surface area contributed by atoms with E-state index >= 15 is 0 Å². The first-order chi connectivity index (χ1) is 9.60. The second kappa shape index (κ2) is 4.98. The Morgan fingerprint density at radius 2 is 2.20 bits per heavy atom. The third kappa shape index (κ3) is 2.12. The topological polar surface area (TPSA) is 50.4 Å². The predicted octanol–water partition coefficient (Wildman–Crippen LogP) is 3.09. The Bertz CT molecular complexity index is 663. The molecule has 1 atom stereocenters. The molecule has 106 valence electrons. The van der Waals surface area contributed by atoms with Gasteiger partial charge in [0.05, 0.1) is 12.8 Å². The molecule has 1 aliphatic heterocycles. The number of fused-ring (bicyclic) bond motifs is 3. The smallest absolute Gasteiger partial charge is 0.263 e. The molecule has 20 heavy (non-hydrogen) atoms. The summed E-state index contributed by atoms with van der Waals surface area (Å²) in [4.78, 5) is 13.1. The molecular formula is C15H18N2O2S. The van der Waals surface area contributed by atoms with Gasteiger partial charge in [0.2, 0.25) is 0 Å². The molecule has 2 aromatic rings. The van der Waals surface area contributed by atoms with Crippen molar-refractivity contribution < 1.29 is 9.53 Å². The molecule has 1 amide bonds. The Labute approximate surface area is 122 Å². The molecule has 0 unspecified atom stereocenters. The third-order valence-electron chi connectivity index (χ3n) is 3.72. The van der Waals surface area contributed by atoms with E-state index in [1.54, 1.807) is 7.11 Å². The number of nitrogens with one attached hydrogen (secondary N) is 2. The van der Waals surface area contributed by atoms with E-state index < -0.39 is 0 Å². The lowest BCUT2D eigenvalue weighted by molar-refractivity contribution is 0.0937. The fourth-order valence-electron chi connectivity index (χ4n) is 2.44. The number of thiophene rings is 1. The molecule has 5 heteroatoms. The Balaban J connectivity index is 2.08. The average molecular weight is 290 g/mol. The van der Waals surface area contributed by atoms with Crippen LogP contribution >= 0.6 is 11.3 Å². The zero-order valence-corrected chi connectivity index (χ0v) is 12.6. The van der Waals surface area contributed by atoms with Gasteiger partial charge in [-0.2, -0.15) is 0 Å². The van der Waals surface area contributed by atoms with Crippen LogP contribution in [0.25, 0.3) is 10.1 Å². The maximum atomic E-state index is 12.4. The third-order valence-corrected chi connectivity index (χ3v) is 4.89. The lowest BCUT2D eigenvalue weighted by Crippen LogP contribution is -2.40. The van der Waals surface area contributed by atoms with Gasteiger partial charge in [-0.3, -0.25) is 4.79 Å². The molecule has 0 spiro atoms. The van der Waals surface area contributed by atoms with Crippen LogP contribution < -0.4 is 15.4 Å². The number of anilines is 1. The van der Waals surface area contributed by atoms with Gasteiger partial charge in [0.1, 0.15) is 10.6 Å². The van der Waals surface area contributed by atoms with Crippen molar-refractivity contribution in [3.8, 4) is 5.75 Å². The minimum absolute atomic E-state index is 0.0175. The average Bonchev–Trinajstić information content (AvgIpc) is 2.72. The fraction of sp³-hybridized carbons (Fsp3) is 0.400. The van der Waals surface area contributed by atoms with E-state index in [1.807, 2.05) is 18.2 Å². The summed E-state index contributed by atoms with van der Waals surface area (Å²) >= 11 is 1.52. The van der Waals surface area contributed by atoms with Crippen molar-refractivity contribution in [2.45, 2.75) is 19.9 Å². The van der Waals surface area contributed by atoms with Crippen molar-refractivity contribution in [2.75, 3.05) is 19.0 Å². The summed E-state index contributed by atoms with van der Waals surface area (Å²) in [6.45, 7) is 4.99. The van der Waals surface area contributed by atoms with Crippen LogP contribution in [0.2, 0.25) is 0 Å². The predicted molar refractivity (Wildman–Crippen MR) is 83.0 cm³/mol. The van der Waals surface area contributed by atoms with Gasteiger partial charge in [-0.1, -0.05) is 13.8 Å². The van der Waals surface area contributed by atoms with Crippen molar-refractivity contribution >= 4 is 33.0 Å². The molecule has 0 fully saturated rings. The summed E-state index contributed by atoms with van der Waals surface area (Å²) in [6.07, 6.45) is 0. The number of carbonyl (C=O) groups is 1. The monoisotopic (exact) mass is 290 g/mol. The molecule has 0 radical (unpaired) electrons. The molecule has 1 aromatic heterocycles. The van der Waals surface area contributed by atoms with E-state index in [0.717, 1.165) is 32.9 Å². The number of methoxy groups -OCH3 is 1. The summed E-state index contributed by atoms with van der Waals surface area (Å²) in [5.41, 5.74) is 0.935. The van der Waals surface area contributed by atoms with E-state index in [4.69, 9.17) is 4.74 Å². The molecule has 1 aromatic carbocycles. The van der Waals surface area contributed by atoms with Crippen LogP contribution in [-0.2, 0) is 0 Å². The number of amides is 1. The molecule has 0 bridgehead atoms. The molecule has 1 aliphatic rings. The van der Waals surface area contributed by atoms with Crippen LogP contribution in [0.1, 0.15) is 23.5 Å². The minimum Gasteiger partial charge on any atom is -0.497 e. The van der Waals surface area contributed by atoms with Gasteiger partial charge in [0.25, 0.3) is 5.91 Å². The molecule has 3 rings (SSSR count). The van der Waals surface area contributed by atoms with Crippen LogP contribution in [0.3, 0.4) is 0 Å². The van der Waals surface area contributed by atoms with Gasteiger partial charge in [0, 0.05) is 22.7 Å². The van der Waals surface area contributed by atoms with E-state index in [9.17, 15) is 4.79 Å². The largest absolute Gasteiger partial charge is 0.497 e. The van der Waals surface area contributed by atoms with Gasteiger partial charge < -0.3 is 15.4 Å². The summed E-state index contributed by atoms with van der Waals surface area (Å²) in [6, 6.07) is 6.07. The van der Waals surface area contributed by atoms with Gasteiger partial charge in [-0.05, 0) is 24.1 Å². The molecule has 4 nitrogen and oxygen atoms in total. The molecular weight excluding hydrogens is 272 g/mol. The lowest BCUT2D eigenvalue weighted by atomic mass is 10.1. The highest BCUT2D eigenvalue weighted by atomic mass is 32.1. The Morgan fingerprint density at radius 3 is 2.90 bits per heavy atom. The first-order valence-electron chi connectivity index (χ1n) is 6.75. The number of rotatable bonds is 2. The van der Waals surface area contributed by atoms with E-state index in [2.05, 4.69) is 24.5 Å². The van der Waals surface area contributed by atoms with Gasteiger partial charge in [-0.25, -0.2) is 0 Å². The van der Waals surface area contributed by atoms with E-state index in [0.29, 0.717) is 5.92 Å². The SMILES string of the molecule is COc1ccc2sc3c(c2c1)NC[C@H](C(C)C)NC3=O. The molecule has 0 saturated carbocycles. The second-order valence-corrected chi connectivity index (χ2v) is 6.43. The number of hydrogen-bond donors (Lipinski definition) is 2. The maximum absolute atomic E-state index is 12.4. The Morgan fingerprint density at radius 1 is 1.40 bits per heavy atom. The Kier molecular flexibility index (Phi) is 3.30. The summed E-state index contributed by atoms with van der Waals surface area (Å²) < 4.78 is 6.38. The molecule has 0 saturated heterocycles. The summed E-state index contributed by atoms with van der Waals surface area (Å²) in [5, 5.41) is 7.59. The molecule has 0 aliphatic carbocycles. The van der Waals surface area contributed by atoms with Crippen LogP contribution in [0, 0.1) is 5.92 Å². The minimum atomic E-state index is 0.0175. The van der Waals surface area contributed by atoms with Gasteiger partial charge >= 0.3 is 0 Å². The first kappa shape index (κ1) is 13.2. The molecule has 2 heterocycles. The van der Waals surface area contributed by atoms with Crippen LogP contribution in [0.5, 0.6) is 5.75 Å². The highest BCUT2D eigenvalue weighted by molar-refractivity contribution is 7.21. The first-order valence-corrected chi connectivity index (χ1v) is 7.57. The van der Waals surface area contributed by atoms with Gasteiger partial charge in [-0.15, -0.1) is 11.3 Å². The molecule has 2 N–H and O–H groups in total. The van der Waals surface area contributed by atoms with E-state index in [-0.39, 0.29) is 11.9 Å². The highest BCUT2D eigenvalue weighted by Gasteiger charge is 2.26. The van der Waals surface area contributed by atoms with Crippen LogP contribution in [-0.4, -0.2) is 25.6 Å². The van der Waals surface area contributed by atoms with Gasteiger partial charge in [0.15, 0.2) is 0 Å². The van der Waals surface area contributed by atoms with Crippen LogP contribution in [0.4, 0.5) is 5.69 Å². The maximum Gasteiger partial charge on any atom is 0.263 e. The van der Waals surface area contributed by atoms with Crippen molar-refractivity contribution in [3.05, 3.63) is 23.1 Å². The Hall–Kier alpha value is -1.75. The lowest BCUT2D eigenvalue weighted by Gasteiger charge is -2.19. The van der Waals surface area contributed by atoms with Crippen LogP contribution in [0.15, 0.2) is 18.2 Å². The number of benzene rings is 1. The standard InChI is InChI=1S/C15H18N2O2S/c1-8(2)11-7-16-13-10-6-9(19-3)4-5-12(10)20-14(13)15(18)17-11/h4-6,8,11,16H,7H2,1-3H3,(H,17,18)/t11-/m1/s1. The van der Waals surface area contributed by atoms with E-state index in [1.165, 1.54) is 11.3 Å². The van der Waals surface area contributed by atoms with Crippen molar-refractivity contribution in [1.29, 1.82) is 0 Å². The quantitative estimate of drug-likeness (QED) is 0.893. The normalized spacial score (nSPS) is 18.4. The summed E-state index contributed by atoms with van der Waals surface area (Å²) in [5.74, 6) is 1.23. The summed E-state index contributed by atoms with van der Waals surface area (Å²) in [7, 11) is 1.65. The number of carbonyl (C=O) groups excluding carboxylic acids is 1. The van der Waals surface area contributed by atoms with Crippen molar-refractivity contribution in [3.63, 3.8) is 0 Å². The van der Waals surface area contributed by atoms with Crippen molar-refractivity contribution in [2.24, 2.45) is 5.92 Å². The number of hydrogen-bond acceptors (Lipinski definition) is 4. The van der Waals surface area contributed by atoms with Crippen molar-refractivity contribution in [1.82, 2.24) is 5.32 Å². The fourth-order valence-corrected chi connectivity index (χ4v) is 3.50. The zero-order chi connectivity index (χ0) is 14.3. The highest BCUT2D eigenvalue weighted by Crippen LogP contribution is 2.38. The number of ether oxygens (including phenoxy) is 1.